The first-order valence-corrected chi connectivity index (χ1v) is 6.18. The number of hydrogen-bond acceptors (Lipinski definition) is 3. The Morgan fingerprint density at radius 2 is 2.00 bits per heavy atom. The first-order chi connectivity index (χ1) is 8.29. The van der Waals surface area contributed by atoms with Gasteiger partial charge in [0.15, 0.2) is 11.5 Å². The number of benzene rings is 1. The van der Waals surface area contributed by atoms with Crippen molar-refractivity contribution < 1.29 is 14.2 Å². The van der Waals surface area contributed by atoms with Gasteiger partial charge in [0.25, 0.3) is 0 Å². The monoisotopic (exact) mass is 238 g/mol. The summed E-state index contributed by atoms with van der Waals surface area (Å²) in [6.07, 6.45) is 1.12. The molecule has 1 saturated heterocycles. The standard InChI is InChI=1S/C12H16O3.C2H6/c1-9-3-4-11(12(7-9)13-2)15-10-5-6-14-8-10;1-2/h3-4,7,10H,5-6,8H2,1-2H3;1-2H3. The minimum atomic E-state index is 0.168. The lowest BCUT2D eigenvalue weighted by Crippen LogP contribution is -2.16. The van der Waals surface area contributed by atoms with Gasteiger partial charge in [-0.05, 0) is 24.6 Å². The van der Waals surface area contributed by atoms with Crippen molar-refractivity contribution in [3.05, 3.63) is 23.8 Å². The van der Waals surface area contributed by atoms with Crippen molar-refractivity contribution in [2.45, 2.75) is 33.3 Å². The van der Waals surface area contributed by atoms with Gasteiger partial charge in [-0.2, -0.15) is 0 Å². The minimum absolute atomic E-state index is 0.168. The molecule has 0 saturated carbocycles. The predicted molar refractivity (Wildman–Crippen MR) is 68.9 cm³/mol. The van der Waals surface area contributed by atoms with Crippen molar-refractivity contribution in [3.63, 3.8) is 0 Å². The van der Waals surface area contributed by atoms with Crippen molar-refractivity contribution in [2.75, 3.05) is 20.3 Å². The van der Waals surface area contributed by atoms with Crippen molar-refractivity contribution >= 4 is 0 Å². The highest BCUT2D eigenvalue weighted by atomic mass is 16.6. The van der Waals surface area contributed by atoms with Gasteiger partial charge in [-0.3, -0.25) is 0 Å². The molecule has 0 aliphatic carbocycles. The van der Waals surface area contributed by atoms with Crippen LogP contribution in [0.15, 0.2) is 18.2 Å². The third-order valence-corrected chi connectivity index (χ3v) is 2.50. The highest BCUT2D eigenvalue weighted by molar-refractivity contribution is 5.42. The van der Waals surface area contributed by atoms with Crippen LogP contribution in [0.2, 0.25) is 0 Å². The van der Waals surface area contributed by atoms with Gasteiger partial charge >= 0.3 is 0 Å². The van der Waals surface area contributed by atoms with Gasteiger partial charge in [0.05, 0.1) is 20.3 Å². The first-order valence-electron chi connectivity index (χ1n) is 6.18. The Labute approximate surface area is 104 Å². The van der Waals surface area contributed by atoms with Crippen molar-refractivity contribution in [3.8, 4) is 11.5 Å². The molecule has 1 aliphatic heterocycles. The predicted octanol–water partition coefficient (Wildman–Crippen LogP) is 3.20. The molecular weight excluding hydrogens is 216 g/mol. The van der Waals surface area contributed by atoms with E-state index in [0.29, 0.717) is 6.61 Å². The molecule has 1 heterocycles. The molecule has 0 amide bonds. The van der Waals surface area contributed by atoms with Crippen LogP contribution >= 0.6 is 0 Å². The van der Waals surface area contributed by atoms with E-state index in [1.165, 1.54) is 5.56 Å². The van der Waals surface area contributed by atoms with Crippen LogP contribution in [0.25, 0.3) is 0 Å². The van der Waals surface area contributed by atoms with Gasteiger partial charge in [-0.1, -0.05) is 19.9 Å². The second kappa shape index (κ2) is 7.17. The van der Waals surface area contributed by atoms with Crippen molar-refractivity contribution in [1.29, 1.82) is 0 Å². The summed E-state index contributed by atoms with van der Waals surface area (Å²) in [5, 5.41) is 0. The summed E-state index contributed by atoms with van der Waals surface area (Å²) in [6, 6.07) is 5.95. The molecule has 0 spiro atoms. The van der Waals surface area contributed by atoms with Crippen molar-refractivity contribution in [2.24, 2.45) is 0 Å². The topological polar surface area (TPSA) is 27.7 Å². The van der Waals surface area contributed by atoms with Gasteiger partial charge < -0.3 is 14.2 Å². The molecule has 0 radical (unpaired) electrons. The third-order valence-electron chi connectivity index (χ3n) is 2.50. The lowest BCUT2D eigenvalue weighted by Gasteiger charge is -2.15. The van der Waals surface area contributed by atoms with E-state index in [2.05, 4.69) is 0 Å². The van der Waals surface area contributed by atoms with Gasteiger partial charge in [0.1, 0.15) is 6.10 Å². The van der Waals surface area contributed by atoms with Gasteiger partial charge in [0, 0.05) is 6.42 Å². The molecule has 1 unspecified atom stereocenters. The molecule has 0 aromatic heterocycles. The molecule has 1 aromatic carbocycles. The van der Waals surface area contributed by atoms with E-state index in [4.69, 9.17) is 14.2 Å². The van der Waals surface area contributed by atoms with E-state index in [0.717, 1.165) is 24.5 Å². The van der Waals surface area contributed by atoms with Crippen LogP contribution in [-0.2, 0) is 4.74 Å². The Morgan fingerprint density at radius 3 is 2.59 bits per heavy atom. The number of ether oxygens (including phenoxy) is 3. The van der Waals surface area contributed by atoms with E-state index in [1.54, 1.807) is 7.11 Å². The van der Waals surface area contributed by atoms with E-state index in [-0.39, 0.29) is 6.10 Å². The van der Waals surface area contributed by atoms with Gasteiger partial charge in [-0.15, -0.1) is 0 Å². The van der Waals surface area contributed by atoms with Crippen molar-refractivity contribution in [1.82, 2.24) is 0 Å². The lowest BCUT2D eigenvalue weighted by molar-refractivity contribution is 0.138. The normalized spacial score (nSPS) is 18.2. The van der Waals surface area contributed by atoms with Crippen LogP contribution in [0.4, 0.5) is 0 Å². The first kappa shape index (κ1) is 13.8. The average molecular weight is 238 g/mol. The van der Waals surface area contributed by atoms with E-state index < -0.39 is 0 Å². The largest absolute Gasteiger partial charge is 0.493 e. The van der Waals surface area contributed by atoms with E-state index in [9.17, 15) is 0 Å². The molecular formula is C14H22O3. The molecule has 0 bridgehead atoms. The molecule has 17 heavy (non-hydrogen) atoms. The maximum Gasteiger partial charge on any atom is 0.161 e. The zero-order valence-electron chi connectivity index (χ0n) is 11.2. The average Bonchev–Trinajstić information content (AvgIpc) is 2.87. The molecule has 1 fully saturated rings. The van der Waals surface area contributed by atoms with Gasteiger partial charge in [-0.25, -0.2) is 0 Å². The SMILES string of the molecule is CC.COc1cc(C)ccc1OC1CCOC1. The number of methoxy groups -OCH3 is 1. The van der Waals surface area contributed by atoms with E-state index in [1.807, 2.05) is 39.0 Å². The Morgan fingerprint density at radius 1 is 1.24 bits per heavy atom. The molecule has 2 rings (SSSR count). The second-order valence-electron chi connectivity index (χ2n) is 3.76. The van der Waals surface area contributed by atoms with Crippen LogP contribution in [-0.4, -0.2) is 26.4 Å². The maximum absolute atomic E-state index is 5.80. The Kier molecular flexibility index (Phi) is 5.84. The molecule has 1 atom stereocenters. The summed E-state index contributed by atoms with van der Waals surface area (Å²) < 4.78 is 16.3. The number of hydrogen-bond donors (Lipinski definition) is 0. The van der Waals surface area contributed by atoms with Crippen LogP contribution < -0.4 is 9.47 Å². The summed E-state index contributed by atoms with van der Waals surface area (Å²) in [5.41, 5.74) is 1.17. The zero-order valence-corrected chi connectivity index (χ0v) is 11.2. The Bertz CT molecular complexity index is 330. The summed E-state index contributed by atoms with van der Waals surface area (Å²) in [6.45, 7) is 7.50. The fraction of sp³-hybridized carbons (Fsp3) is 0.571. The molecule has 96 valence electrons. The highest BCUT2D eigenvalue weighted by Gasteiger charge is 2.18. The summed E-state index contributed by atoms with van der Waals surface area (Å²) in [4.78, 5) is 0. The summed E-state index contributed by atoms with van der Waals surface area (Å²) in [7, 11) is 1.66. The molecule has 1 aromatic rings. The number of aryl methyl sites for hydroxylation is 1. The fourth-order valence-corrected chi connectivity index (χ4v) is 1.66. The van der Waals surface area contributed by atoms with E-state index >= 15 is 0 Å². The summed E-state index contributed by atoms with van der Waals surface area (Å²) in [5.74, 6) is 1.60. The maximum atomic E-state index is 5.80. The lowest BCUT2D eigenvalue weighted by atomic mass is 10.2. The summed E-state index contributed by atoms with van der Waals surface area (Å²) >= 11 is 0. The van der Waals surface area contributed by atoms with Gasteiger partial charge in [0.2, 0.25) is 0 Å². The Hall–Kier alpha value is -1.22. The third kappa shape index (κ3) is 3.93. The minimum Gasteiger partial charge on any atom is -0.493 e. The smallest absolute Gasteiger partial charge is 0.161 e. The number of rotatable bonds is 3. The Balaban J connectivity index is 0.000000686. The zero-order chi connectivity index (χ0) is 12.7. The van der Waals surface area contributed by atoms with Crippen LogP contribution in [0.1, 0.15) is 25.8 Å². The fourth-order valence-electron chi connectivity index (χ4n) is 1.66. The van der Waals surface area contributed by atoms with Crippen LogP contribution in [0.3, 0.4) is 0 Å². The molecule has 3 nitrogen and oxygen atoms in total. The second-order valence-corrected chi connectivity index (χ2v) is 3.76. The highest BCUT2D eigenvalue weighted by Crippen LogP contribution is 2.29. The van der Waals surface area contributed by atoms with Crippen LogP contribution in [0.5, 0.6) is 11.5 Å². The van der Waals surface area contributed by atoms with Crippen LogP contribution in [0, 0.1) is 6.92 Å². The molecule has 3 heteroatoms. The molecule has 0 N–H and O–H groups in total. The molecule has 1 aliphatic rings. The quantitative estimate of drug-likeness (QED) is 0.809.